The molecule has 0 aliphatic carbocycles. The number of carboxylic acids is 1. The molecule has 3 rings (SSSR count). The zero-order valence-electron chi connectivity index (χ0n) is 13.3. The van der Waals surface area contributed by atoms with Crippen LogP contribution in [0.1, 0.15) is 28.9 Å². The molecule has 6 nitrogen and oxygen atoms in total. The van der Waals surface area contributed by atoms with Crippen molar-refractivity contribution in [1.29, 1.82) is 0 Å². The number of fused-ring (bicyclic) bond motifs is 1. The Morgan fingerprint density at radius 1 is 1.28 bits per heavy atom. The quantitative estimate of drug-likeness (QED) is 0.853. The van der Waals surface area contributed by atoms with E-state index in [-0.39, 0.29) is 6.54 Å². The van der Waals surface area contributed by atoms with Crippen molar-refractivity contribution in [1.82, 2.24) is 10.2 Å². The summed E-state index contributed by atoms with van der Waals surface area (Å²) >= 11 is 7.52. The summed E-state index contributed by atoms with van der Waals surface area (Å²) < 4.78 is 0.894. The van der Waals surface area contributed by atoms with E-state index in [2.05, 4.69) is 5.32 Å². The molecule has 2 N–H and O–H groups in total. The minimum atomic E-state index is -1.01. The number of amides is 2. The van der Waals surface area contributed by atoms with Crippen molar-refractivity contribution in [3.05, 3.63) is 34.2 Å². The molecule has 25 heavy (non-hydrogen) atoms. The predicted molar refractivity (Wildman–Crippen MR) is 96.2 cm³/mol. The molecule has 0 radical (unpaired) electrons. The summed E-state index contributed by atoms with van der Waals surface area (Å²) in [6.07, 6.45) is 1.99. The number of hydrogen-bond acceptors (Lipinski definition) is 4. The van der Waals surface area contributed by atoms with Gasteiger partial charge < -0.3 is 15.3 Å². The molecule has 1 aromatic heterocycles. The van der Waals surface area contributed by atoms with Gasteiger partial charge in [-0.1, -0.05) is 29.8 Å². The second-order valence-electron chi connectivity index (χ2n) is 5.86. The molecule has 2 heterocycles. The molecule has 1 saturated heterocycles. The van der Waals surface area contributed by atoms with Crippen LogP contribution in [0.4, 0.5) is 0 Å². The Hall–Kier alpha value is -2.12. The van der Waals surface area contributed by atoms with Crippen LogP contribution in [0.15, 0.2) is 24.3 Å². The monoisotopic (exact) mass is 380 g/mol. The maximum absolute atomic E-state index is 12.4. The summed E-state index contributed by atoms with van der Waals surface area (Å²) in [5.41, 5.74) is 0. The Kier molecular flexibility index (Phi) is 5.24. The Balaban J connectivity index is 1.67. The second kappa shape index (κ2) is 7.41. The van der Waals surface area contributed by atoms with Crippen molar-refractivity contribution in [3.8, 4) is 0 Å². The van der Waals surface area contributed by atoms with Crippen LogP contribution in [0.2, 0.25) is 5.02 Å². The van der Waals surface area contributed by atoms with Crippen LogP contribution in [0.25, 0.3) is 10.1 Å². The van der Waals surface area contributed by atoms with Crippen molar-refractivity contribution in [2.45, 2.75) is 25.3 Å². The lowest BCUT2D eigenvalue weighted by atomic mass is 10.0. The van der Waals surface area contributed by atoms with E-state index < -0.39 is 23.8 Å². The molecule has 0 unspecified atom stereocenters. The first kappa shape index (κ1) is 17.7. The van der Waals surface area contributed by atoms with Crippen molar-refractivity contribution < 1.29 is 19.5 Å². The van der Waals surface area contributed by atoms with Crippen LogP contribution in [0.3, 0.4) is 0 Å². The molecule has 2 amide bonds. The highest BCUT2D eigenvalue weighted by atomic mass is 35.5. The summed E-state index contributed by atoms with van der Waals surface area (Å²) in [6, 6.07) is 6.60. The lowest BCUT2D eigenvalue weighted by Gasteiger charge is -2.32. The van der Waals surface area contributed by atoms with Gasteiger partial charge in [0.1, 0.15) is 10.9 Å². The number of likely N-dealkylation sites (tertiary alicyclic amines) is 1. The van der Waals surface area contributed by atoms with Gasteiger partial charge in [0, 0.05) is 16.6 Å². The number of aliphatic carboxylic acids is 1. The number of carbonyl (C=O) groups is 3. The molecule has 0 bridgehead atoms. The van der Waals surface area contributed by atoms with E-state index in [0.29, 0.717) is 22.9 Å². The lowest BCUT2D eigenvalue weighted by molar-refractivity contribution is -0.151. The topological polar surface area (TPSA) is 86.7 Å². The number of halogens is 1. The van der Waals surface area contributed by atoms with Crippen LogP contribution in [0.5, 0.6) is 0 Å². The molecular weight excluding hydrogens is 364 g/mol. The van der Waals surface area contributed by atoms with Gasteiger partial charge in [-0.15, -0.1) is 11.3 Å². The summed E-state index contributed by atoms with van der Waals surface area (Å²) in [5.74, 6) is -1.83. The first-order valence-electron chi connectivity index (χ1n) is 7.96. The summed E-state index contributed by atoms with van der Waals surface area (Å²) in [7, 11) is 0. The Morgan fingerprint density at radius 2 is 2.04 bits per heavy atom. The molecule has 1 atom stereocenters. The molecule has 0 saturated carbocycles. The van der Waals surface area contributed by atoms with Gasteiger partial charge in [-0.3, -0.25) is 9.59 Å². The van der Waals surface area contributed by atoms with Crippen molar-refractivity contribution >= 4 is 50.8 Å². The third kappa shape index (κ3) is 3.62. The number of nitrogens with zero attached hydrogens (tertiary/aromatic N) is 1. The van der Waals surface area contributed by atoms with E-state index in [1.165, 1.54) is 16.2 Å². The highest BCUT2D eigenvalue weighted by Crippen LogP contribution is 2.34. The van der Waals surface area contributed by atoms with Gasteiger partial charge in [-0.05, 0) is 25.3 Å². The number of piperidine rings is 1. The Labute approximate surface area is 153 Å². The van der Waals surface area contributed by atoms with E-state index in [9.17, 15) is 19.5 Å². The highest BCUT2D eigenvalue weighted by Gasteiger charge is 2.32. The van der Waals surface area contributed by atoms with Gasteiger partial charge in [0.2, 0.25) is 5.91 Å². The number of nitrogens with one attached hydrogen (secondary N) is 1. The van der Waals surface area contributed by atoms with E-state index in [4.69, 9.17) is 11.6 Å². The van der Waals surface area contributed by atoms with E-state index in [0.717, 1.165) is 22.9 Å². The molecule has 8 heteroatoms. The van der Waals surface area contributed by atoms with Gasteiger partial charge in [0.25, 0.3) is 5.91 Å². The second-order valence-corrected chi connectivity index (χ2v) is 7.29. The zero-order valence-corrected chi connectivity index (χ0v) is 14.9. The number of carbonyl (C=O) groups excluding carboxylic acids is 2. The van der Waals surface area contributed by atoms with Crippen LogP contribution in [0, 0.1) is 0 Å². The first-order valence-corrected chi connectivity index (χ1v) is 9.16. The van der Waals surface area contributed by atoms with Gasteiger partial charge in [0.05, 0.1) is 11.6 Å². The average Bonchev–Trinajstić information content (AvgIpc) is 2.96. The Bertz CT molecular complexity index is 835. The van der Waals surface area contributed by atoms with Crippen LogP contribution >= 0.6 is 22.9 Å². The minimum absolute atomic E-state index is 0.243. The summed E-state index contributed by atoms with van der Waals surface area (Å²) in [6.45, 7) is 0.155. The fourth-order valence-electron chi connectivity index (χ4n) is 2.98. The number of hydrogen-bond donors (Lipinski definition) is 2. The summed E-state index contributed by atoms with van der Waals surface area (Å²) in [4.78, 5) is 37.6. The fraction of sp³-hybridized carbons (Fsp3) is 0.353. The normalized spacial score (nSPS) is 17.5. The predicted octanol–water partition coefficient (Wildman–Crippen LogP) is 2.75. The molecule has 1 aliphatic rings. The molecule has 1 aromatic carbocycles. The molecule has 1 aliphatic heterocycles. The standard InChI is InChI=1S/C17H17ClN2O4S/c18-14-10-5-1-2-7-12(10)25-15(14)16(22)19-9-13(21)20-8-4-3-6-11(20)17(23)24/h1-2,5,7,11H,3-4,6,8-9H2,(H,19,22)(H,23,24)/t11-/m1/s1. The average molecular weight is 381 g/mol. The summed E-state index contributed by atoms with van der Waals surface area (Å²) in [5, 5.41) is 13.0. The van der Waals surface area contributed by atoms with Crippen LogP contribution in [-0.4, -0.2) is 46.9 Å². The largest absolute Gasteiger partial charge is 0.480 e. The number of rotatable bonds is 4. The number of benzene rings is 1. The van der Waals surface area contributed by atoms with Gasteiger partial charge >= 0.3 is 5.97 Å². The lowest BCUT2D eigenvalue weighted by Crippen LogP contribution is -2.51. The maximum Gasteiger partial charge on any atom is 0.326 e. The van der Waals surface area contributed by atoms with Gasteiger partial charge in [-0.25, -0.2) is 4.79 Å². The molecule has 1 fully saturated rings. The highest BCUT2D eigenvalue weighted by molar-refractivity contribution is 7.21. The van der Waals surface area contributed by atoms with Crippen LogP contribution < -0.4 is 5.32 Å². The number of carboxylic acid groups (broad SMARTS) is 1. The van der Waals surface area contributed by atoms with E-state index >= 15 is 0 Å². The Morgan fingerprint density at radius 3 is 2.76 bits per heavy atom. The van der Waals surface area contributed by atoms with Crippen molar-refractivity contribution in [2.75, 3.05) is 13.1 Å². The smallest absolute Gasteiger partial charge is 0.326 e. The van der Waals surface area contributed by atoms with Gasteiger partial charge in [0.15, 0.2) is 0 Å². The van der Waals surface area contributed by atoms with E-state index in [1.807, 2.05) is 24.3 Å². The van der Waals surface area contributed by atoms with Gasteiger partial charge in [-0.2, -0.15) is 0 Å². The zero-order chi connectivity index (χ0) is 18.0. The minimum Gasteiger partial charge on any atom is -0.480 e. The third-order valence-electron chi connectivity index (χ3n) is 4.25. The van der Waals surface area contributed by atoms with Crippen LogP contribution in [-0.2, 0) is 9.59 Å². The molecule has 2 aromatic rings. The SMILES string of the molecule is O=C(NCC(=O)N1CCCC[C@@H]1C(=O)O)c1sc2ccccc2c1Cl. The fourth-order valence-corrected chi connectivity index (χ4v) is 4.42. The van der Waals surface area contributed by atoms with E-state index in [1.54, 1.807) is 0 Å². The molecular formula is C17H17ClN2O4S. The molecule has 0 spiro atoms. The third-order valence-corrected chi connectivity index (χ3v) is 5.92. The maximum atomic E-state index is 12.4. The van der Waals surface area contributed by atoms with Crippen molar-refractivity contribution in [3.63, 3.8) is 0 Å². The molecule has 132 valence electrons. The first-order chi connectivity index (χ1) is 12.0. The number of thiophene rings is 1. The van der Waals surface area contributed by atoms with Crippen molar-refractivity contribution in [2.24, 2.45) is 0 Å².